The fraction of sp³-hybridized carbons (Fsp3) is 0.333. The average molecular weight is 313 g/mol. The number of rotatable bonds is 2. The average Bonchev–Trinajstić information content (AvgIpc) is 2.56. The van der Waals surface area contributed by atoms with Crippen LogP contribution < -0.4 is 5.32 Å². The van der Waals surface area contributed by atoms with Crippen molar-refractivity contribution in [1.29, 1.82) is 0 Å². The number of hydrogen-bond acceptors (Lipinski definition) is 3. The zero-order chi connectivity index (χ0) is 14.1. The first-order valence-corrected chi connectivity index (χ1v) is 9.69. The monoisotopic (exact) mass is 313 g/mol. The largest absolute Gasteiger partial charge is 0.302 e. The molecule has 0 radical (unpaired) electrons. The molecule has 2 atom stereocenters. The number of hydrogen-bond donors (Lipinski definition) is 1. The summed E-state index contributed by atoms with van der Waals surface area (Å²) in [7, 11) is 0. The Hall–Kier alpha value is -0.900. The van der Waals surface area contributed by atoms with Crippen molar-refractivity contribution in [3.05, 3.63) is 65.2 Å². The van der Waals surface area contributed by atoms with Crippen LogP contribution in [0.1, 0.15) is 35.2 Å². The number of benzene rings is 2. The van der Waals surface area contributed by atoms with Gasteiger partial charge in [0.05, 0.1) is 0 Å². The molecule has 2 aromatic rings. The molecule has 4 rings (SSSR count). The lowest BCUT2D eigenvalue weighted by Crippen LogP contribution is -2.32. The molecule has 1 N–H and O–H groups in total. The van der Waals surface area contributed by atoms with Crippen molar-refractivity contribution in [2.75, 3.05) is 11.5 Å². The highest BCUT2D eigenvalue weighted by Crippen LogP contribution is 2.39. The van der Waals surface area contributed by atoms with Gasteiger partial charge in [0.15, 0.2) is 0 Å². The number of fused-ring (bicyclic) bond motifs is 2. The van der Waals surface area contributed by atoms with Crippen molar-refractivity contribution >= 4 is 23.5 Å². The fourth-order valence-electron chi connectivity index (χ4n) is 3.28. The van der Waals surface area contributed by atoms with E-state index in [4.69, 9.17) is 0 Å². The maximum absolute atomic E-state index is 3.94. The van der Waals surface area contributed by atoms with Crippen LogP contribution >= 0.6 is 23.5 Å². The second-order valence-electron chi connectivity index (χ2n) is 5.66. The van der Waals surface area contributed by atoms with E-state index in [-0.39, 0.29) is 0 Å². The first-order valence-electron chi connectivity index (χ1n) is 7.55. The minimum atomic E-state index is 0.487. The van der Waals surface area contributed by atoms with Crippen molar-refractivity contribution in [3.63, 3.8) is 0 Å². The molecule has 2 aliphatic rings. The molecule has 0 bridgehead atoms. The zero-order valence-electron chi connectivity index (χ0n) is 11.9. The van der Waals surface area contributed by atoms with Crippen LogP contribution in [0.2, 0.25) is 0 Å². The summed E-state index contributed by atoms with van der Waals surface area (Å²) in [4.78, 5) is 1.46. The molecule has 0 spiro atoms. The van der Waals surface area contributed by atoms with Gasteiger partial charge in [0, 0.05) is 28.5 Å². The van der Waals surface area contributed by atoms with Crippen molar-refractivity contribution in [1.82, 2.24) is 5.32 Å². The summed E-state index contributed by atoms with van der Waals surface area (Å²) in [6.45, 7) is 0. The Bertz CT molecular complexity index is 585. The predicted octanol–water partition coefficient (Wildman–Crippen LogP) is 4.80. The van der Waals surface area contributed by atoms with Gasteiger partial charge in [-0.25, -0.2) is 0 Å². The van der Waals surface area contributed by atoms with E-state index >= 15 is 0 Å². The summed E-state index contributed by atoms with van der Waals surface area (Å²) < 4.78 is 0. The summed E-state index contributed by atoms with van der Waals surface area (Å²) in [5.41, 5.74) is 4.50. The minimum absolute atomic E-state index is 0.487. The maximum atomic E-state index is 3.94. The highest BCUT2D eigenvalue weighted by molar-refractivity contribution is 7.99. The van der Waals surface area contributed by atoms with Crippen LogP contribution in [0.25, 0.3) is 0 Å². The lowest BCUT2D eigenvalue weighted by Gasteiger charge is -2.33. The van der Waals surface area contributed by atoms with Crippen LogP contribution in [0.4, 0.5) is 0 Å². The SMILES string of the molecule is c1ccc2c(c1)CSCC2NC1CCSc2ccccc21. The van der Waals surface area contributed by atoms with Gasteiger partial charge in [-0.15, -0.1) is 11.8 Å². The molecular weight excluding hydrogens is 294 g/mol. The molecule has 2 unspecified atom stereocenters. The second-order valence-corrected chi connectivity index (χ2v) is 7.83. The topological polar surface area (TPSA) is 12.0 Å². The van der Waals surface area contributed by atoms with Crippen LogP contribution in [0, 0.1) is 0 Å². The van der Waals surface area contributed by atoms with Gasteiger partial charge in [-0.05, 0) is 34.9 Å². The van der Waals surface area contributed by atoms with E-state index in [1.54, 1.807) is 0 Å². The van der Waals surface area contributed by atoms with E-state index < -0.39 is 0 Å². The molecule has 2 aliphatic heterocycles. The molecule has 0 saturated carbocycles. The zero-order valence-corrected chi connectivity index (χ0v) is 13.6. The van der Waals surface area contributed by atoms with Gasteiger partial charge in [-0.1, -0.05) is 42.5 Å². The van der Waals surface area contributed by atoms with E-state index in [0.29, 0.717) is 12.1 Å². The Morgan fingerprint density at radius 2 is 1.71 bits per heavy atom. The highest BCUT2D eigenvalue weighted by Gasteiger charge is 2.26. The maximum Gasteiger partial charge on any atom is 0.0419 e. The number of thioether (sulfide) groups is 2. The first-order chi connectivity index (χ1) is 10.4. The predicted molar refractivity (Wildman–Crippen MR) is 93.0 cm³/mol. The van der Waals surface area contributed by atoms with E-state index in [1.165, 1.54) is 39.5 Å². The third-order valence-electron chi connectivity index (χ3n) is 4.33. The molecule has 21 heavy (non-hydrogen) atoms. The Morgan fingerprint density at radius 3 is 2.67 bits per heavy atom. The van der Waals surface area contributed by atoms with Crippen LogP contribution in [0.5, 0.6) is 0 Å². The van der Waals surface area contributed by atoms with Crippen molar-refractivity contribution in [3.8, 4) is 0 Å². The third kappa shape index (κ3) is 2.75. The van der Waals surface area contributed by atoms with E-state index in [0.717, 1.165) is 5.75 Å². The molecule has 2 aromatic carbocycles. The number of nitrogens with one attached hydrogen (secondary N) is 1. The fourth-order valence-corrected chi connectivity index (χ4v) is 5.52. The summed E-state index contributed by atoms with van der Waals surface area (Å²) in [5.74, 6) is 3.56. The van der Waals surface area contributed by atoms with Crippen molar-refractivity contribution in [2.24, 2.45) is 0 Å². The quantitative estimate of drug-likeness (QED) is 0.855. The van der Waals surface area contributed by atoms with Gasteiger partial charge in [0.1, 0.15) is 0 Å². The van der Waals surface area contributed by atoms with Crippen LogP contribution in [-0.4, -0.2) is 11.5 Å². The van der Waals surface area contributed by atoms with Crippen LogP contribution in [0.3, 0.4) is 0 Å². The smallest absolute Gasteiger partial charge is 0.0419 e. The second kappa shape index (κ2) is 6.07. The van der Waals surface area contributed by atoms with Crippen LogP contribution in [0.15, 0.2) is 53.4 Å². The Balaban J connectivity index is 1.61. The molecule has 0 aliphatic carbocycles. The first kappa shape index (κ1) is 13.7. The summed E-state index contributed by atoms with van der Waals surface area (Å²) in [6, 6.07) is 18.8. The van der Waals surface area contributed by atoms with E-state index in [2.05, 4.69) is 53.8 Å². The van der Waals surface area contributed by atoms with E-state index in [9.17, 15) is 0 Å². The summed E-state index contributed by atoms with van der Waals surface area (Å²) >= 11 is 4.04. The molecule has 1 nitrogen and oxygen atoms in total. The van der Waals surface area contributed by atoms with Gasteiger partial charge in [-0.2, -0.15) is 11.8 Å². The van der Waals surface area contributed by atoms with E-state index in [1.807, 2.05) is 23.5 Å². The molecule has 0 amide bonds. The third-order valence-corrected chi connectivity index (χ3v) is 6.54. The van der Waals surface area contributed by atoms with Crippen molar-refractivity contribution < 1.29 is 0 Å². The highest BCUT2D eigenvalue weighted by atomic mass is 32.2. The summed E-state index contributed by atoms with van der Waals surface area (Å²) in [5, 5.41) is 3.94. The Morgan fingerprint density at radius 1 is 0.905 bits per heavy atom. The Labute approximate surface area is 134 Å². The van der Waals surface area contributed by atoms with Gasteiger partial charge >= 0.3 is 0 Å². The van der Waals surface area contributed by atoms with Gasteiger partial charge in [0.25, 0.3) is 0 Å². The molecule has 2 heterocycles. The van der Waals surface area contributed by atoms with Gasteiger partial charge in [-0.3, -0.25) is 0 Å². The lowest BCUT2D eigenvalue weighted by molar-refractivity contribution is 0.451. The minimum Gasteiger partial charge on any atom is -0.302 e. The van der Waals surface area contributed by atoms with Crippen molar-refractivity contribution in [2.45, 2.75) is 29.2 Å². The molecule has 108 valence electrons. The molecular formula is C18H19NS2. The standard InChI is InChI=1S/C18H19NS2/c1-2-6-14-13(5-1)11-20-12-17(14)19-16-9-10-21-18-8-4-3-7-15(16)18/h1-8,16-17,19H,9-12H2. The molecule has 0 saturated heterocycles. The molecule has 0 fully saturated rings. The van der Waals surface area contributed by atoms with Crippen LogP contribution in [-0.2, 0) is 5.75 Å². The summed E-state index contributed by atoms with van der Waals surface area (Å²) in [6.07, 6.45) is 1.23. The molecule has 3 heteroatoms. The lowest BCUT2D eigenvalue weighted by atomic mass is 9.98. The molecule has 0 aromatic heterocycles. The van der Waals surface area contributed by atoms with Gasteiger partial charge in [0.2, 0.25) is 0 Å². The normalized spacial score (nSPS) is 24.2. The Kier molecular flexibility index (Phi) is 3.97. The van der Waals surface area contributed by atoms with Gasteiger partial charge < -0.3 is 5.32 Å².